The third-order valence-corrected chi connectivity index (χ3v) is 3.23. The van der Waals surface area contributed by atoms with Crippen LogP contribution >= 0.6 is 0 Å². The molecule has 1 heterocycles. The number of amides is 1. The minimum absolute atomic E-state index is 0.0802. The van der Waals surface area contributed by atoms with Gasteiger partial charge in [0.1, 0.15) is 5.41 Å². The highest BCUT2D eigenvalue weighted by atomic mass is 16.3. The summed E-state index contributed by atoms with van der Waals surface area (Å²) in [4.78, 5) is 13.5. The van der Waals surface area contributed by atoms with Crippen LogP contribution in [0.1, 0.15) is 19.8 Å². The van der Waals surface area contributed by atoms with Crippen molar-refractivity contribution in [3.05, 3.63) is 0 Å². The minimum Gasteiger partial charge on any atom is -0.391 e. The third kappa shape index (κ3) is 1.28. The van der Waals surface area contributed by atoms with Crippen LogP contribution in [0.2, 0.25) is 0 Å². The van der Waals surface area contributed by atoms with Crippen molar-refractivity contribution < 1.29 is 9.90 Å². The van der Waals surface area contributed by atoms with Crippen LogP contribution in [0.25, 0.3) is 0 Å². The summed E-state index contributed by atoms with van der Waals surface area (Å²) in [6.07, 6.45) is 0.945. The lowest BCUT2D eigenvalue weighted by Gasteiger charge is -2.18. The second-order valence-corrected chi connectivity index (χ2v) is 4.45. The van der Waals surface area contributed by atoms with E-state index in [0.717, 1.165) is 0 Å². The summed E-state index contributed by atoms with van der Waals surface area (Å²) in [5.41, 5.74) is -0.732. The molecule has 14 heavy (non-hydrogen) atoms. The molecule has 1 saturated heterocycles. The lowest BCUT2D eigenvalue weighted by molar-refractivity contribution is -0.134. The molecule has 76 valence electrons. The standard InChI is InChI=1S/C10H14N2O2/c1-7-4-12(5-8(7)13)9(14)10(6-11)2-3-10/h7-8,13H,2-5H2,1H3. The average Bonchev–Trinajstić information content (AvgIpc) is 2.90. The maximum absolute atomic E-state index is 11.8. The number of aliphatic hydroxyl groups excluding tert-OH is 1. The molecule has 2 unspecified atom stereocenters. The molecule has 0 aromatic rings. The van der Waals surface area contributed by atoms with Crippen LogP contribution in [-0.2, 0) is 4.79 Å². The van der Waals surface area contributed by atoms with E-state index in [9.17, 15) is 9.90 Å². The Balaban J connectivity index is 2.05. The molecular formula is C10H14N2O2. The van der Waals surface area contributed by atoms with Crippen LogP contribution in [0, 0.1) is 22.7 Å². The van der Waals surface area contributed by atoms with E-state index in [0.29, 0.717) is 25.9 Å². The highest BCUT2D eigenvalue weighted by Crippen LogP contribution is 2.47. The van der Waals surface area contributed by atoms with Gasteiger partial charge in [-0.2, -0.15) is 5.26 Å². The number of carbonyl (C=O) groups is 1. The number of β-amino-alcohol motifs (C(OH)–C–C–N with tert-alkyl or cyclic N) is 1. The Morgan fingerprint density at radius 2 is 2.21 bits per heavy atom. The molecule has 1 N–H and O–H groups in total. The molecule has 1 saturated carbocycles. The highest BCUT2D eigenvalue weighted by molar-refractivity contribution is 5.88. The van der Waals surface area contributed by atoms with Crippen molar-refractivity contribution in [2.45, 2.75) is 25.9 Å². The van der Waals surface area contributed by atoms with Gasteiger partial charge in [0.2, 0.25) is 5.91 Å². The summed E-state index contributed by atoms with van der Waals surface area (Å²) >= 11 is 0. The Morgan fingerprint density at radius 3 is 2.57 bits per heavy atom. The molecule has 1 amide bonds. The molecule has 0 aromatic carbocycles. The second-order valence-electron chi connectivity index (χ2n) is 4.45. The van der Waals surface area contributed by atoms with Crippen molar-refractivity contribution in [3.63, 3.8) is 0 Å². The first-order chi connectivity index (χ1) is 6.59. The van der Waals surface area contributed by atoms with Gasteiger partial charge in [0.05, 0.1) is 12.2 Å². The molecule has 0 aromatic heterocycles. The molecule has 2 fully saturated rings. The van der Waals surface area contributed by atoms with Gasteiger partial charge in [-0.3, -0.25) is 4.79 Å². The number of aliphatic hydroxyl groups is 1. The van der Waals surface area contributed by atoms with E-state index in [1.54, 1.807) is 4.90 Å². The zero-order valence-electron chi connectivity index (χ0n) is 8.23. The summed E-state index contributed by atoms with van der Waals surface area (Å²) in [5.74, 6) is 0.0526. The lowest BCUT2D eigenvalue weighted by atomic mass is 10.1. The van der Waals surface area contributed by atoms with Crippen molar-refractivity contribution in [2.24, 2.45) is 11.3 Å². The smallest absolute Gasteiger partial charge is 0.243 e. The van der Waals surface area contributed by atoms with Crippen LogP contribution in [0.3, 0.4) is 0 Å². The van der Waals surface area contributed by atoms with E-state index >= 15 is 0 Å². The number of rotatable bonds is 1. The average molecular weight is 194 g/mol. The molecular weight excluding hydrogens is 180 g/mol. The van der Waals surface area contributed by atoms with Gasteiger partial charge in [-0.1, -0.05) is 6.92 Å². The van der Waals surface area contributed by atoms with E-state index in [1.165, 1.54) is 0 Å². The molecule has 0 spiro atoms. The molecule has 1 aliphatic carbocycles. The van der Waals surface area contributed by atoms with Crippen molar-refractivity contribution >= 4 is 5.91 Å². The van der Waals surface area contributed by atoms with Gasteiger partial charge in [0.25, 0.3) is 0 Å². The first-order valence-corrected chi connectivity index (χ1v) is 4.98. The summed E-state index contributed by atoms with van der Waals surface area (Å²) in [7, 11) is 0. The summed E-state index contributed by atoms with van der Waals surface area (Å²) < 4.78 is 0. The molecule has 1 aliphatic heterocycles. The molecule has 0 bridgehead atoms. The lowest BCUT2D eigenvalue weighted by Crippen LogP contribution is -2.35. The van der Waals surface area contributed by atoms with Crippen molar-refractivity contribution in [1.29, 1.82) is 5.26 Å². The predicted octanol–water partition coefficient (Wildman–Crippen LogP) is 0.129. The summed E-state index contributed by atoms with van der Waals surface area (Å²) in [6.45, 7) is 2.90. The third-order valence-electron chi connectivity index (χ3n) is 3.23. The van der Waals surface area contributed by atoms with Crippen molar-refractivity contribution in [1.82, 2.24) is 4.90 Å². The van der Waals surface area contributed by atoms with Gasteiger partial charge in [-0.05, 0) is 12.8 Å². The van der Waals surface area contributed by atoms with Gasteiger partial charge in [0, 0.05) is 19.0 Å². The van der Waals surface area contributed by atoms with Crippen LogP contribution < -0.4 is 0 Å². The van der Waals surface area contributed by atoms with Crippen molar-refractivity contribution in [2.75, 3.05) is 13.1 Å². The van der Waals surface area contributed by atoms with E-state index in [-0.39, 0.29) is 11.8 Å². The largest absolute Gasteiger partial charge is 0.391 e. The van der Waals surface area contributed by atoms with Crippen molar-refractivity contribution in [3.8, 4) is 6.07 Å². The number of carbonyl (C=O) groups excluding carboxylic acids is 1. The fraction of sp³-hybridized carbons (Fsp3) is 0.800. The van der Waals surface area contributed by atoms with E-state index < -0.39 is 11.5 Å². The SMILES string of the molecule is CC1CN(C(=O)C2(C#N)CC2)CC1O. The second kappa shape index (κ2) is 2.96. The fourth-order valence-corrected chi connectivity index (χ4v) is 1.92. The normalized spacial score (nSPS) is 33.9. The Labute approximate surface area is 83.1 Å². The quantitative estimate of drug-likeness (QED) is 0.645. The first-order valence-electron chi connectivity index (χ1n) is 4.98. The van der Waals surface area contributed by atoms with Gasteiger partial charge < -0.3 is 10.0 Å². The van der Waals surface area contributed by atoms with Crippen LogP contribution in [0.15, 0.2) is 0 Å². The number of nitrogens with zero attached hydrogens (tertiary/aromatic N) is 2. The molecule has 2 aliphatic rings. The zero-order chi connectivity index (χ0) is 10.3. The molecule has 2 rings (SSSR count). The van der Waals surface area contributed by atoms with Gasteiger partial charge in [-0.15, -0.1) is 0 Å². The van der Waals surface area contributed by atoms with E-state index in [2.05, 4.69) is 6.07 Å². The van der Waals surface area contributed by atoms with Crippen LogP contribution in [0.4, 0.5) is 0 Å². The van der Waals surface area contributed by atoms with Crippen LogP contribution in [0.5, 0.6) is 0 Å². The monoisotopic (exact) mass is 194 g/mol. The minimum atomic E-state index is -0.732. The van der Waals surface area contributed by atoms with E-state index in [1.807, 2.05) is 6.92 Å². The number of hydrogen-bond donors (Lipinski definition) is 1. The van der Waals surface area contributed by atoms with Gasteiger partial charge in [-0.25, -0.2) is 0 Å². The van der Waals surface area contributed by atoms with Gasteiger partial charge >= 0.3 is 0 Å². The summed E-state index contributed by atoms with van der Waals surface area (Å²) in [6, 6.07) is 2.09. The Kier molecular flexibility index (Phi) is 2.00. The van der Waals surface area contributed by atoms with Crippen LogP contribution in [-0.4, -0.2) is 35.1 Å². The maximum atomic E-state index is 11.8. The Hall–Kier alpha value is -1.08. The maximum Gasteiger partial charge on any atom is 0.243 e. The Bertz CT molecular complexity index is 294. The number of nitriles is 1. The zero-order valence-corrected chi connectivity index (χ0v) is 8.23. The predicted molar refractivity (Wildman–Crippen MR) is 49.0 cm³/mol. The van der Waals surface area contributed by atoms with E-state index in [4.69, 9.17) is 5.26 Å². The molecule has 4 heteroatoms. The Morgan fingerprint density at radius 1 is 1.57 bits per heavy atom. The number of hydrogen-bond acceptors (Lipinski definition) is 3. The topological polar surface area (TPSA) is 64.3 Å². The molecule has 4 nitrogen and oxygen atoms in total. The van der Waals surface area contributed by atoms with Gasteiger partial charge in [0.15, 0.2) is 0 Å². The molecule has 0 radical (unpaired) electrons. The first kappa shape index (κ1) is 9.47. The number of likely N-dealkylation sites (tertiary alicyclic amines) is 1. The highest BCUT2D eigenvalue weighted by Gasteiger charge is 2.53. The fourth-order valence-electron chi connectivity index (χ4n) is 1.92. The summed E-state index contributed by atoms with van der Waals surface area (Å²) in [5, 5.41) is 18.4. The molecule has 2 atom stereocenters.